The van der Waals surface area contributed by atoms with Gasteiger partial charge in [-0.2, -0.15) is 0 Å². The second kappa shape index (κ2) is 9.57. The number of hydrogen-bond donors (Lipinski definition) is 1. The molecule has 4 aromatic rings. The van der Waals surface area contributed by atoms with E-state index in [1.165, 1.54) is 0 Å². The minimum absolute atomic E-state index is 0.111. The topological polar surface area (TPSA) is 79.7 Å². The number of rotatable bonds is 5. The standard InChI is InChI=1S/C25H28N6OS.C2H6/c1-3-20(30-11-7-18(14-30)22-19-6-10-26-23(19)28-16-27-22)25(2)9-12-31(15-25)21-5-4-17-8-13-33(32)24(17)29-21;1-2/h4-7,10-11,14,16,20H,3,8-9,12-13,15H2,1-2H3,(H,26,27,28);1-2H3. The van der Waals surface area contributed by atoms with E-state index in [9.17, 15) is 4.21 Å². The normalized spacial score (nSPS) is 22.2. The Labute approximate surface area is 209 Å². The summed E-state index contributed by atoms with van der Waals surface area (Å²) in [7, 11) is -0.945. The zero-order valence-electron chi connectivity index (χ0n) is 21.0. The highest BCUT2D eigenvalue weighted by atomic mass is 32.2. The molecule has 0 saturated carbocycles. The van der Waals surface area contributed by atoms with Crippen LogP contribution < -0.4 is 4.90 Å². The third-order valence-electron chi connectivity index (χ3n) is 7.42. The molecule has 184 valence electrons. The van der Waals surface area contributed by atoms with Crippen LogP contribution in [0.3, 0.4) is 0 Å². The number of nitrogens with one attached hydrogen (secondary N) is 1. The van der Waals surface area contributed by atoms with E-state index in [0.29, 0.717) is 11.8 Å². The molecular weight excluding hydrogens is 456 g/mol. The van der Waals surface area contributed by atoms with Crippen molar-refractivity contribution in [1.29, 1.82) is 0 Å². The lowest BCUT2D eigenvalue weighted by Gasteiger charge is -2.35. The molecule has 0 amide bonds. The van der Waals surface area contributed by atoms with Crippen LogP contribution in [0.1, 0.15) is 52.1 Å². The first kappa shape index (κ1) is 23.7. The molecule has 7 nitrogen and oxygen atoms in total. The predicted molar refractivity (Wildman–Crippen MR) is 142 cm³/mol. The Morgan fingerprint density at radius 3 is 2.89 bits per heavy atom. The van der Waals surface area contributed by atoms with Gasteiger partial charge in [-0.1, -0.05) is 33.8 Å². The minimum atomic E-state index is -0.945. The number of aromatic amines is 1. The lowest BCUT2D eigenvalue weighted by atomic mass is 9.80. The molecule has 3 unspecified atom stereocenters. The molecule has 6 heterocycles. The van der Waals surface area contributed by atoms with Gasteiger partial charge in [0.15, 0.2) is 0 Å². The first-order chi connectivity index (χ1) is 17.1. The Morgan fingerprint density at radius 1 is 1.20 bits per heavy atom. The largest absolute Gasteiger partial charge is 0.356 e. The lowest BCUT2D eigenvalue weighted by Crippen LogP contribution is -2.33. The van der Waals surface area contributed by atoms with Gasteiger partial charge in [0.05, 0.1) is 16.5 Å². The van der Waals surface area contributed by atoms with Crippen molar-refractivity contribution in [3.05, 3.63) is 54.7 Å². The van der Waals surface area contributed by atoms with Crippen LogP contribution in [0.15, 0.2) is 54.2 Å². The van der Waals surface area contributed by atoms with E-state index >= 15 is 0 Å². The van der Waals surface area contributed by atoms with Crippen molar-refractivity contribution in [1.82, 2.24) is 24.5 Å². The smallest absolute Gasteiger partial charge is 0.141 e. The molecule has 0 spiro atoms. The Morgan fingerprint density at radius 2 is 2.06 bits per heavy atom. The summed E-state index contributed by atoms with van der Waals surface area (Å²) in [6.45, 7) is 10.6. The fourth-order valence-corrected chi connectivity index (χ4v) is 6.94. The van der Waals surface area contributed by atoms with Crippen molar-refractivity contribution in [3.63, 3.8) is 0 Å². The molecule has 8 heteroatoms. The molecule has 4 aromatic heterocycles. The average Bonchev–Trinajstić information content (AvgIpc) is 3.68. The number of nitrogens with zero attached hydrogens (tertiary/aromatic N) is 5. The highest BCUT2D eigenvalue weighted by molar-refractivity contribution is 7.85. The minimum Gasteiger partial charge on any atom is -0.356 e. The van der Waals surface area contributed by atoms with Crippen LogP contribution in [-0.2, 0) is 17.2 Å². The van der Waals surface area contributed by atoms with Gasteiger partial charge in [-0.15, -0.1) is 0 Å². The SMILES string of the molecule is CC.CCC(n1ccc(-c2ncnc3[nH]ccc23)c1)C1(C)CCN(c2ccc3c(n2)S(=O)CC3)C1. The van der Waals surface area contributed by atoms with Crippen LogP contribution in [0.4, 0.5) is 5.82 Å². The van der Waals surface area contributed by atoms with Crippen molar-refractivity contribution in [3.8, 4) is 11.3 Å². The molecular formula is C27H34N6OS. The van der Waals surface area contributed by atoms with E-state index in [0.717, 1.165) is 71.1 Å². The molecule has 0 radical (unpaired) electrons. The zero-order valence-corrected chi connectivity index (χ0v) is 21.8. The van der Waals surface area contributed by atoms with Crippen LogP contribution in [0.2, 0.25) is 0 Å². The first-order valence-corrected chi connectivity index (χ1v) is 14.0. The zero-order chi connectivity index (χ0) is 24.6. The van der Waals surface area contributed by atoms with E-state index in [2.05, 4.69) is 68.9 Å². The van der Waals surface area contributed by atoms with Gasteiger partial charge in [-0.25, -0.2) is 15.0 Å². The van der Waals surface area contributed by atoms with Crippen LogP contribution in [0.25, 0.3) is 22.3 Å². The van der Waals surface area contributed by atoms with Gasteiger partial charge >= 0.3 is 0 Å². The second-order valence-corrected chi connectivity index (χ2v) is 11.0. The molecule has 2 aliphatic heterocycles. The van der Waals surface area contributed by atoms with Crippen LogP contribution in [-0.4, -0.2) is 47.6 Å². The first-order valence-electron chi connectivity index (χ1n) is 12.6. The maximum absolute atomic E-state index is 12.3. The molecule has 3 atom stereocenters. The quantitative estimate of drug-likeness (QED) is 0.406. The van der Waals surface area contributed by atoms with Crippen molar-refractivity contribution >= 4 is 27.7 Å². The monoisotopic (exact) mass is 490 g/mol. The number of aromatic nitrogens is 5. The van der Waals surface area contributed by atoms with Gasteiger partial charge in [0.2, 0.25) is 0 Å². The van der Waals surface area contributed by atoms with E-state index < -0.39 is 10.8 Å². The Hall–Kier alpha value is -3.00. The number of aryl methyl sites for hydroxylation is 1. The van der Waals surface area contributed by atoms with Crippen LogP contribution in [0, 0.1) is 5.41 Å². The molecule has 0 aromatic carbocycles. The van der Waals surface area contributed by atoms with Gasteiger partial charge in [-0.05, 0) is 43.0 Å². The summed E-state index contributed by atoms with van der Waals surface area (Å²) in [6.07, 6.45) is 11.0. The highest BCUT2D eigenvalue weighted by Gasteiger charge is 2.41. The molecule has 35 heavy (non-hydrogen) atoms. The van der Waals surface area contributed by atoms with Gasteiger partial charge < -0.3 is 14.5 Å². The van der Waals surface area contributed by atoms with Crippen molar-refractivity contribution in [2.45, 2.75) is 58.0 Å². The molecule has 0 bridgehead atoms. The molecule has 2 aliphatic rings. The Bertz CT molecular complexity index is 1360. The Balaban J connectivity index is 0.00000124. The summed E-state index contributed by atoms with van der Waals surface area (Å²) in [5.74, 6) is 1.67. The fourth-order valence-electron chi connectivity index (χ4n) is 5.69. The van der Waals surface area contributed by atoms with Crippen LogP contribution >= 0.6 is 0 Å². The third-order valence-corrected chi connectivity index (χ3v) is 8.78. The summed E-state index contributed by atoms with van der Waals surface area (Å²) in [4.78, 5) is 19.2. The van der Waals surface area contributed by atoms with Crippen molar-refractivity contribution < 1.29 is 4.21 Å². The van der Waals surface area contributed by atoms with Crippen molar-refractivity contribution in [2.75, 3.05) is 23.7 Å². The number of anilines is 1. The van der Waals surface area contributed by atoms with Gasteiger partial charge in [0, 0.05) is 59.8 Å². The summed E-state index contributed by atoms with van der Waals surface area (Å²) < 4.78 is 14.7. The van der Waals surface area contributed by atoms with Crippen molar-refractivity contribution in [2.24, 2.45) is 5.41 Å². The third kappa shape index (κ3) is 4.18. The maximum atomic E-state index is 12.3. The summed E-state index contributed by atoms with van der Waals surface area (Å²) in [5.41, 5.74) is 4.19. The number of fused-ring (bicyclic) bond motifs is 2. The number of hydrogen-bond acceptors (Lipinski definition) is 5. The summed E-state index contributed by atoms with van der Waals surface area (Å²) in [5, 5.41) is 1.84. The molecule has 1 fully saturated rings. The van der Waals surface area contributed by atoms with E-state index in [-0.39, 0.29) is 5.41 Å². The maximum Gasteiger partial charge on any atom is 0.141 e. The molecule has 1 saturated heterocycles. The molecule has 1 N–H and O–H groups in total. The van der Waals surface area contributed by atoms with E-state index in [4.69, 9.17) is 4.98 Å². The summed E-state index contributed by atoms with van der Waals surface area (Å²) >= 11 is 0. The van der Waals surface area contributed by atoms with Gasteiger partial charge in [0.25, 0.3) is 0 Å². The summed E-state index contributed by atoms with van der Waals surface area (Å²) in [6, 6.07) is 8.79. The Kier molecular flexibility index (Phi) is 6.49. The lowest BCUT2D eigenvalue weighted by molar-refractivity contribution is 0.211. The fraction of sp³-hybridized carbons (Fsp3) is 0.444. The predicted octanol–water partition coefficient (Wildman–Crippen LogP) is 5.38. The van der Waals surface area contributed by atoms with E-state index in [1.807, 2.05) is 26.1 Å². The second-order valence-electron chi connectivity index (χ2n) is 9.49. The van der Waals surface area contributed by atoms with Gasteiger partial charge in [-0.3, -0.25) is 4.21 Å². The number of pyridine rings is 1. The number of H-pyrrole nitrogens is 1. The van der Waals surface area contributed by atoms with Crippen LogP contribution in [0.5, 0.6) is 0 Å². The van der Waals surface area contributed by atoms with Gasteiger partial charge in [0.1, 0.15) is 22.8 Å². The average molecular weight is 491 g/mol. The molecule has 0 aliphatic carbocycles. The highest BCUT2D eigenvalue weighted by Crippen LogP contribution is 2.44. The molecule has 6 rings (SSSR count). The van der Waals surface area contributed by atoms with E-state index in [1.54, 1.807) is 6.33 Å².